The van der Waals surface area contributed by atoms with Crippen LogP contribution in [0.1, 0.15) is 18.9 Å². The van der Waals surface area contributed by atoms with Crippen molar-refractivity contribution in [1.82, 2.24) is 4.90 Å². The second-order valence-corrected chi connectivity index (χ2v) is 5.59. The molecule has 2 aliphatic rings. The topological polar surface area (TPSA) is 30.9 Å². The minimum atomic E-state index is 0.00209. The first kappa shape index (κ1) is 13.9. The Labute approximate surface area is 120 Å². The van der Waals surface area contributed by atoms with E-state index in [-0.39, 0.29) is 12.3 Å². The van der Waals surface area contributed by atoms with Crippen molar-refractivity contribution in [3.05, 3.63) is 29.8 Å². The van der Waals surface area contributed by atoms with Crippen molar-refractivity contribution in [1.29, 1.82) is 0 Å². The van der Waals surface area contributed by atoms with Crippen molar-refractivity contribution in [2.45, 2.75) is 38.1 Å². The summed E-state index contributed by atoms with van der Waals surface area (Å²) in [6.07, 6.45) is 2.15. The lowest BCUT2D eigenvalue weighted by Crippen LogP contribution is -2.56. The molecule has 3 atom stereocenters. The molecule has 2 aliphatic heterocycles. The van der Waals surface area contributed by atoms with Gasteiger partial charge in [0.2, 0.25) is 0 Å². The van der Waals surface area contributed by atoms with Crippen LogP contribution in [0, 0.1) is 0 Å². The number of methoxy groups -OCH3 is 1. The molecule has 4 heteroatoms. The zero-order valence-corrected chi connectivity index (χ0v) is 12.2. The quantitative estimate of drug-likeness (QED) is 0.846. The van der Waals surface area contributed by atoms with Crippen LogP contribution in [0.5, 0.6) is 5.75 Å². The number of morpholine rings is 1. The average Bonchev–Trinajstić information content (AvgIpc) is 2.50. The summed E-state index contributed by atoms with van der Waals surface area (Å²) in [6.45, 7) is 4.62. The van der Waals surface area contributed by atoms with Crippen molar-refractivity contribution < 1.29 is 14.2 Å². The van der Waals surface area contributed by atoms with Gasteiger partial charge in [-0.3, -0.25) is 4.90 Å². The number of benzene rings is 1. The first-order valence-corrected chi connectivity index (χ1v) is 7.40. The maximum atomic E-state index is 6.18. The Balaban J connectivity index is 1.74. The van der Waals surface area contributed by atoms with Crippen LogP contribution in [0.15, 0.2) is 24.3 Å². The lowest BCUT2D eigenvalue weighted by Gasteiger charge is -2.42. The van der Waals surface area contributed by atoms with Gasteiger partial charge in [-0.05, 0) is 31.4 Å². The Morgan fingerprint density at radius 2 is 2.20 bits per heavy atom. The summed E-state index contributed by atoms with van der Waals surface area (Å²) in [6, 6.07) is 8.66. The second kappa shape index (κ2) is 6.12. The van der Waals surface area contributed by atoms with Crippen molar-refractivity contribution in [3.8, 4) is 5.75 Å². The highest BCUT2D eigenvalue weighted by Gasteiger charge is 2.35. The highest BCUT2D eigenvalue weighted by atomic mass is 16.5. The largest absolute Gasteiger partial charge is 0.486 e. The highest BCUT2D eigenvalue weighted by molar-refractivity contribution is 5.35. The summed E-state index contributed by atoms with van der Waals surface area (Å²) in [5.41, 5.74) is 1.30. The fourth-order valence-corrected chi connectivity index (χ4v) is 3.16. The van der Waals surface area contributed by atoms with E-state index in [1.165, 1.54) is 5.56 Å². The molecule has 1 aromatic rings. The van der Waals surface area contributed by atoms with Crippen LogP contribution in [0.4, 0.5) is 0 Å². The van der Waals surface area contributed by atoms with Gasteiger partial charge in [-0.1, -0.05) is 18.2 Å². The number of nitrogens with zero attached hydrogens (tertiary/aromatic N) is 1. The molecule has 0 aliphatic carbocycles. The van der Waals surface area contributed by atoms with Gasteiger partial charge in [-0.2, -0.15) is 0 Å². The maximum Gasteiger partial charge on any atom is 0.147 e. The predicted molar refractivity (Wildman–Crippen MR) is 77.0 cm³/mol. The zero-order valence-electron chi connectivity index (χ0n) is 12.2. The van der Waals surface area contributed by atoms with Crippen molar-refractivity contribution >= 4 is 0 Å². The molecule has 0 amide bonds. The van der Waals surface area contributed by atoms with Gasteiger partial charge in [0, 0.05) is 19.7 Å². The van der Waals surface area contributed by atoms with Crippen molar-refractivity contribution in [3.63, 3.8) is 0 Å². The lowest BCUT2D eigenvalue weighted by atomic mass is 10.0. The molecule has 0 bridgehead atoms. The summed E-state index contributed by atoms with van der Waals surface area (Å²) in [7, 11) is 1.77. The van der Waals surface area contributed by atoms with Gasteiger partial charge < -0.3 is 14.2 Å². The zero-order chi connectivity index (χ0) is 13.9. The van der Waals surface area contributed by atoms with Crippen molar-refractivity contribution in [2.24, 2.45) is 0 Å². The van der Waals surface area contributed by atoms with E-state index < -0.39 is 0 Å². The first-order valence-electron chi connectivity index (χ1n) is 7.40. The Hall–Kier alpha value is -1.10. The average molecular weight is 277 g/mol. The van der Waals surface area contributed by atoms with Crippen molar-refractivity contribution in [2.75, 3.05) is 26.9 Å². The molecule has 3 rings (SSSR count). The van der Waals surface area contributed by atoms with Gasteiger partial charge >= 0.3 is 0 Å². The minimum absolute atomic E-state index is 0.00209. The number of para-hydroxylation sites is 1. The number of rotatable bonds is 3. The molecule has 0 saturated carbocycles. The van der Waals surface area contributed by atoms with E-state index in [9.17, 15) is 0 Å². The Bertz CT molecular complexity index is 451. The van der Waals surface area contributed by atoms with Gasteiger partial charge in [0.1, 0.15) is 18.1 Å². The number of hydrogen-bond acceptors (Lipinski definition) is 4. The normalized spacial score (nSPS) is 28.5. The molecule has 0 radical (unpaired) electrons. The summed E-state index contributed by atoms with van der Waals surface area (Å²) >= 11 is 0. The van der Waals surface area contributed by atoms with Crippen LogP contribution in [0.25, 0.3) is 0 Å². The molecule has 20 heavy (non-hydrogen) atoms. The fraction of sp³-hybridized carbons (Fsp3) is 0.625. The fourth-order valence-electron chi connectivity index (χ4n) is 3.16. The number of ether oxygens (including phenoxy) is 3. The number of hydrogen-bond donors (Lipinski definition) is 0. The summed E-state index contributed by atoms with van der Waals surface area (Å²) in [4.78, 5) is 2.36. The van der Waals surface area contributed by atoms with E-state index in [0.29, 0.717) is 6.04 Å². The minimum Gasteiger partial charge on any atom is -0.486 e. The van der Waals surface area contributed by atoms with Gasteiger partial charge in [0.05, 0.1) is 13.2 Å². The van der Waals surface area contributed by atoms with Gasteiger partial charge in [0.15, 0.2) is 0 Å². The molecule has 1 aromatic carbocycles. The molecule has 2 heterocycles. The van der Waals surface area contributed by atoms with Crippen LogP contribution in [-0.4, -0.2) is 50.1 Å². The molecular weight excluding hydrogens is 254 g/mol. The maximum absolute atomic E-state index is 6.18. The molecule has 0 N–H and O–H groups in total. The van der Waals surface area contributed by atoms with Gasteiger partial charge in [-0.25, -0.2) is 0 Å². The highest BCUT2D eigenvalue weighted by Crippen LogP contribution is 2.30. The Morgan fingerprint density at radius 3 is 3.00 bits per heavy atom. The van der Waals surface area contributed by atoms with Crippen LogP contribution in [0.2, 0.25) is 0 Å². The molecule has 110 valence electrons. The Morgan fingerprint density at radius 1 is 1.35 bits per heavy atom. The van der Waals surface area contributed by atoms with E-state index in [4.69, 9.17) is 14.2 Å². The third-order valence-electron chi connectivity index (χ3n) is 4.25. The summed E-state index contributed by atoms with van der Waals surface area (Å²) in [5, 5.41) is 0. The SMILES string of the molecule is COC(C1CCc2ccccc2O1)N1CCOC[C@@H]1C. The lowest BCUT2D eigenvalue weighted by molar-refractivity contribution is -0.147. The Kier molecular flexibility index (Phi) is 4.24. The molecule has 2 unspecified atom stereocenters. The standard InChI is InChI=1S/C16H23NO3/c1-12-11-19-10-9-17(12)16(18-2)15-8-7-13-5-3-4-6-14(13)20-15/h3-6,12,15-16H,7-11H2,1-2H3/t12-,15?,16?/m0/s1. The van der Waals surface area contributed by atoms with Crippen LogP contribution in [0.3, 0.4) is 0 Å². The predicted octanol–water partition coefficient (Wildman–Crippen LogP) is 2.07. The monoisotopic (exact) mass is 277 g/mol. The molecule has 1 saturated heterocycles. The van der Waals surface area contributed by atoms with E-state index in [0.717, 1.165) is 38.3 Å². The van der Waals surface area contributed by atoms with E-state index in [1.54, 1.807) is 7.11 Å². The van der Waals surface area contributed by atoms with Gasteiger partial charge in [-0.15, -0.1) is 0 Å². The molecule has 0 aromatic heterocycles. The van der Waals surface area contributed by atoms with E-state index in [1.807, 2.05) is 6.07 Å². The van der Waals surface area contributed by atoms with Crippen LogP contribution < -0.4 is 4.74 Å². The smallest absolute Gasteiger partial charge is 0.147 e. The molecule has 1 fully saturated rings. The molecule has 4 nitrogen and oxygen atoms in total. The number of fused-ring (bicyclic) bond motifs is 1. The molecule has 0 spiro atoms. The third-order valence-corrected chi connectivity index (χ3v) is 4.25. The second-order valence-electron chi connectivity index (χ2n) is 5.59. The van der Waals surface area contributed by atoms with E-state index >= 15 is 0 Å². The van der Waals surface area contributed by atoms with Crippen LogP contribution in [-0.2, 0) is 15.9 Å². The molecular formula is C16H23NO3. The van der Waals surface area contributed by atoms with Crippen LogP contribution >= 0.6 is 0 Å². The van der Waals surface area contributed by atoms with Gasteiger partial charge in [0.25, 0.3) is 0 Å². The first-order chi connectivity index (χ1) is 9.79. The summed E-state index contributed by atoms with van der Waals surface area (Å²) in [5.74, 6) is 1.01. The van der Waals surface area contributed by atoms with E-state index in [2.05, 4.69) is 30.0 Å². The third kappa shape index (κ3) is 2.68. The summed E-state index contributed by atoms with van der Waals surface area (Å²) < 4.78 is 17.5. The number of aryl methyl sites for hydroxylation is 1.